The Hall–Kier alpha value is -5.07. The van der Waals surface area contributed by atoms with Crippen molar-refractivity contribution in [3.63, 3.8) is 0 Å². The first kappa shape index (κ1) is 42.5. The van der Waals surface area contributed by atoms with E-state index in [1.807, 2.05) is 25.3 Å². The number of thiazole rings is 1. The highest BCUT2D eigenvalue weighted by atomic mass is 32.1. The number of alkyl halides is 3. The maximum Gasteiger partial charge on any atom is 0.434 e. The lowest BCUT2D eigenvalue weighted by atomic mass is 9.99. The normalized spacial score (nSPS) is 16.8. The number of urea groups is 1. The number of ether oxygens (including phenoxy) is 2. The van der Waals surface area contributed by atoms with E-state index >= 15 is 0 Å². The fourth-order valence-corrected chi connectivity index (χ4v) is 8.01. The zero-order chi connectivity index (χ0) is 41.8. The van der Waals surface area contributed by atoms with Gasteiger partial charge in [0, 0.05) is 93.2 Å². The highest BCUT2D eigenvalue weighted by Crippen LogP contribution is 2.39. The van der Waals surface area contributed by atoms with E-state index in [1.54, 1.807) is 43.1 Å². The standard InChI is InChI=1S/C40H49F3N8O6S/c1-6-44-37(54)47-33-19-27(35-46-32(24-58-35)40(41,42)43)29(20-45-33)26-8-9-31-28(18-26)34(52)30(36(53)56-7-2)23-51(31)22-25-10-11-49(21-25)13-12-48-14-16-50(17-15-48)38(55)57-39(3,4)5/h8-9,18-20,23-25H,6-7,10-17,21-22H2,1-5H3,(H2,44,45,47,54). The lowest BCUT2D eigenvalue weighted by Crippen LogP contribution is -2.51. The van der Waals surface area contributed by atoms with Gasteiger partial charge in [0.2, 0.25) is 5.43 Å². The van der Waals surface area contributed by atoms with Crippen LogP contribution in [-0.4, -0.2) is 118 Å². The first-order valence-electron chi connectivity index (χ1n) is 19.4. The van der Waals surface area contributed by atoms with Crippen molar-refractivity contribution in [1.82, 2.24) is 34.6 Å². The molecule has 0 radical (unpaired) electrons. The molecular weight excluding hydrogens is 778 g/mol. The van der Waals surface area contributed by atoms with Crippen LogP contribution in [0.1, 0.15) is 57.1 Å². The van der Waals surface area contributed by atoms with Crippen LogP contribution in [-0.2, 0) is 22.2 Å². The predicted octanol–water partition coefficient (Wildman–Crippen LogP) is 6.40. The Labute approximate surface area is 338 Å². The number of hydrogen-bond acceptors (Lipinski definition) is 11. The van der Waals surface area contributed by atoms with Crippen molar-refractivity contribution in [2.45, 2.75) is 59.4 Å². The Bertz CT molecular complexity index is 2200. The quantitative estimate of drug-likeness (QED) is 0.163. The van der Waals surface area contributed by atoms with Crippen LogP contribution in [0.2, 0.25) is 0 Å². The number of nitrogens with zero attached hydrogens (tertiary/aromatic N) is 6. The second-order valence-electron chi connectivity index (χ2n) is 15.4. The van der Waals surface area contributed by atoms with Gasteiger partial charge in [0.15, 0.2) is 5.69 Å². The Morgan fingerprint density at radius 2 is 1.72 bits per heavy atom. The number of benzene rings is 1. The molecule has 3 aromatic heterocycles. The summed E-state index contributed by atoms with van der Waals surface area (Å²) in [5.41, 5.74) is -0.585. The van der Waals surface area contributed by atoms with E-state index < -0.39 is 34.9 Å². The number of anilines is 1. The maximum absolute atomic E-state index is 14.0. The number of pyridine rings is 2. The zero-order valence-corrected chi connectivity index (χ0v) is 34.1. The van der Waals surface area contributed by atoms with Crippen molar-refractivity contribution in [1.29, 1.82) is 0 Å². The molecule has 312 valence electrons. The van der Waals surface area contributed by atoms with Gasteiger partial charge in [-0.3, -0.25) is 15.0 Å². The van der Waals surface area contributed by atoms with Gasteiger partial charge in [-0.2, -0.15) is 13.2 Å². The van der Waals surface area contributed by atoms with Crippen LogP contribution in [0.4, 0.5) is 28.6 Å². The van der Waals surface area contributed by atoms with Gasteiger partial charge in [-0.15, -0.1) is 11.3 Å². The lowest BCUT2D eigenvalue weighted by Gasteiger charge is -2.36. The molecule has 2 fully saturated rings. The Morgan fingerprint density at radius 1 is 0.983 bits per heavy atom. The summed E-state index contributed by atoms with van der Waals surface area (Å²) in [5.74, 6) is -0.440. The van der Waals surface area contributed by atoms with E-state index in [9.17, 15) is 32.3 Å². The summed E-state index contributed by atoms with van der Waals surface area (Å²) in [4.78, 5) is 66.6. The topological polar surface area (TPSA) is 151 Å². The van der Waals surface area contributed by atoms with Gasteiger partial charge >= 0.3 is 24.3 Å². The lowest BCUT2D eigenvalue weighted by molar-refractivity contribution is -0.140. The number of carbonyl (C=O) groups is 3. The molecule has 6 rings (SSSR count). The van der Waals surface area contributed by atoms with Crippen molar-refractivity contribution in [3.8, 4) is 21.7 Å². The number of nitrogens with one attached hydrogen (secondary N) is 2. The molecule has 18 heteroatoms. The number of fused-ring (bicyclic) bond motifs is 1. The van der Waals surface area contributed by atoms with Gasteiger partial charge in [0.05, 0.1) is 12.1 Å². The number of rotatable bonds is 11. The molecule has 0 aliphatic carbocycles. The average molecular weight is 827 g/mol. The summed E-state index contributed by atoms with van der Waals surface area (Å²) >= 11 is 0.789. The van der Waals surface area contributed by atoms with Crippen LogP contribution >= 0.6 is 11.3 Å². The van der Waals surface area contributed by atoms with Crippen LogP contribution < -0.4 is 16.1 Å². The van der Waals surface area contributed by atoms with Crippen molar-refractivity contribution >= 4 is 46.2 Å². The van der Waals surface area contributed by atoms with Crippen molar-refractivity contribution in [3.05, 3.63) is 63.5 Å². The van der Waals surface area contributed by atoms with E-state index in [4.69, 9.17) is 9.47 Å². The number of esters is 1. The molecule has 5 heterocycles. The zero-order valence-electron chi connectivity index (χ0n) is 33.3. The fourth-order valence-electron chi connectivity index (χ4n) is 7.16. The number of aromatic nitrogens is 3. The van der Waals surface area contributed by atoms with Gasteiger partial charge in [-0.05, 0) is 77.3 Å². The number of likely N-dealkylation sites (tertiary alicyclic amines) is 1. The molecule has 14 nitrogen and oxygen atoms in total. The minimum Gasteiger partial charge on any atom is -0.462 e. The largest absolute Gasteiger partial charge is 0.462 e. The molecule has 0 spiro atoms. The summed E-state index contributed by atoms with van der Waals surface area (Å²) in [6.07, 6.45) is -1.08. The number of carbonyl (C=O) groups excluding carboxylic acids is 3. The second kappa shape index (κ2) is 17.8. The molecule has 2 saturated heterocycles. The molecule has 2 aliphatic rings. The molecule has 3 amide bonds. The summed E-state index contributed by atoms with van der Waals surface area (Å²) < 4.78 is 53.6. The number of halogens is 3. The van der Waals surface area contributed by atoms with E-state index in [1.165, 1.54) is 12.3 Å². The first-order chi connectivity index (χ1) is 27.5. The third-order valence-corrected chi connectivity index (χ3v) is 10.9. The molecule has 58 heavy (non-hydrogen) atoms. The number of piperazine rings is 1. The highest BCUT2D eigenvalue weighted by Gasteiger charge is 2.34. The third kappa shape index (κ3) is 10.3. The predicted molar refractivity (Wildman–Crippen MR) is 215 cm³/mol. The second-order valence-corrected chi connectivity index (χ2v) is 16.2. The average Bonchev–Trinajstić information content (AvgIpc) is 3.85. The third-order valence-electron chi connectivity index (χ3n) is 9.98. The molecule has 0 bridgehead atoms. The van der Waals surface area contributed by atoms with Gasteiger partial charge in [0.25, 0.3) is 0 Å². The summed E-state index contributed by atoms with van der Waals surface area (Å²) in [6.45, 7) is 16.1. The Morgan fingerprint density at radius 3 is 2.40 bits per heavy atom. The molecule has 1 aromatic carbocycles. The molecule has 4 aromatic rings. The molecule has 1 unspecified atom stereocenters. The Balaban J connectivity index is 1.24. The maximum atomic E-state index is 14.0. The summed E-state index contributed by atoms with van der Waals surface area (Å²) in [7, 11) is 0. The summed E-state index contributed by atoms with van der Waals surface area (Å²) in [5, 5.41) is 6.36. The number of hydrogen-bond donors (Lipinski definition) is 2. The van der Waals surface area contributed by atoms with Gasteiger partial charge in [-0.1, -0.05) is 6.07 Å². The van der Waals surface area contributed by atoms with Crippen LogP contribution in [0.3, 0.4) is 0 Å². The van der Waals surface area contributed by atoms with Crippen molar-refractivity contribution in [2.75, 3.05) is 70.8 Å². The minimum absolute atomic E-state index is 0.0373. The fraction of sp³-hybridized carbons (Fsp3) is 0.500. The van der Waals surface area contributed by atoms with Crippen LogP contribution in [0.5, 0.6) is 0 Å². The van der Waals surface area contributed by atoms with Crippen molar-refractivity contribution < 1.29 is 37.0 Å². The number of amides is 3. The minimum atomic E-state index is -4.67. The van der Waals surface area contributed by atoms with Crippen LogP contribution in [0, 0.1) is 5.92 Å². The highest BCUT2D eigenvalue weighted by molar-refractivity contribution is 7.13. The molecule has 2 aliphatic heterocycles. The smallest absolute Gasteiger partial charge is 0.434 e. The van der Waals surface area contributed by atoms with E-state index in [0.717, 1.165) is 62.4 Å². The van der Waals surface area contributed by atoms with Gasteiger partial charge in [-0.25, -0.2) is 24.4 Å². The van der Waals surface area contributed by atoms with Crippen molar-refractivity contribution in [2.24, 2.45) is 5.92 Å². The monoisotopic (exact) mass is 826 g/mol. The molecule has 1 atom stereocenters. The molecule has 0 saturated carbocycles. The molecule has 2 N–H and O–H groups in total. The van der Waals surface area contributed by atoms with Crippen LogP contribution in [0.15, 0.2) is 46.8 Å². The Kier molecular flexibility index (Phi) is 13.1. The van der Waals surface area contributed by atoms with E-state index in [2.05, 4.69) is 30.4 Å². The summed E-state index contributed by atoms with van der Waals surface area (Å²) in [6, 6.07) is 6.02. The first-order valence-corrected chi connectivity index (χ1v) is 20.3. The van der Waals surface area contributed by atoms with Gasteiger partial charge < -0.3 is 29.2 Å². The van der Waals surface area contributed by atoms with E-state index in [-0.39, 0.29) is 46.0 Å². The van der Waals surface area contributed by atoms with E-state index in [0.29, 0.717) is 42.8 Å². The van der Waals surface area contributed by atoms with Crippen LogP contribution in [0.25, 0.3) is 32.6 Å². The molecular formula is C40H49F3N8O6S. The van der Waals surface area contributed by atoms with Gasteiger partial charge in [0.1, 0.15) is 22.0 Å². The SMILES string of the molecule is CCNC(=O)Nc1cc(-c2nc(C(F)(F)F)cs2)c(-c2ccc3c(c2)c(=O)c(C(=O)OCC)cn3CC2CCN(CCN3CCN(C(=O)OC(C)(C)C)CC3)C2)cn1.